The molecule has 1 aromatic rings. The van der Waals surface area contributed by atoms with E-state index in [1.54, 1.807) is 6.07 Å². The molecular weight excluding hydrogens is 208 g/mol. The average Bonchev–Trinajstić information content (AvgIpc) is 2.74. The fourth-order valence-corrected chi connectivity index (χ4v) is 1.75. The number of hydrogen-bond acceptors (Lipinski definition) is 4. The van der Waals surface area contributed by atoms with Gasteiger partial charge in [0.05, 0.1) is 12.4 Å². The van der Waals surface area contributed by atoms with Crippen molar-refractivity contribution in [3.05, 3.63) is 23.7 Å². The first-order valence-corrected chi connectivity index (χ1v) is 5.60. The van der Waals surface area contributed by atoms with Crippen molar-refractivity contribution in [1.29, 1.82) is 0 Å². The maximum Gasteiger partial charge on any atom is 0.374 e. The number of ether oxygens (including phenoxy) is 2. The van der Waals surface area contributed by atoms with Crippen LogP contribution in [0, 0.1) is 6.92 Å². The summed E-state index contributed by atoms with van der Waals surface area (Å²) in [5.74, 6) is -0.118. The third-order valence-electron chi connectivity index (χ3n) is 2.72. The van der Waals surface area contributed by atoms with Crippen LogP contribution in [0.3, 0.4) is 0 Å². The van der Waals surface area contributed by atoms with E-state index in [-0.39, 0.29) is 11.9 Å². The van der Waals surface area contributed by atoms with Crippen molar-refractivity contribution >= 4 is 5.97 Å². The van der Waals surface area contributed by atoms with E-state index in [1.807, 2.05) is 6.92 Å². The minimum atomic E-state index is -0.406. The molecule has 16 heavy (non-hydrogen) atoms. The predicted octanol–water partition coefficient (Wildman–Crippen LogP) is 2.31. The number of rotatable bonds is 3. The van der Waals surface area contributed by atoms with Crippen molar-refractivity contribution < 1.29 is 18.7 Å². The molecule has 2 heterocycles. The molecule has 0 saturated carbocycles. The van der Waals surface area contributed by atoms with Gasteiger partial charge in [-0.05, 0) is 32.3 Å². The third kappa shape index (κ3) is 2.64. The maximum absolute atomic E-state index is 11.6. The van der Waals surface area contributed by atoms with Crippen molar-refractivity contribution in [2.75, 3.05) is 13.2 Å². The SMILES string of the molecule is Cc1ccoc1C(=O)OCC1CCCCO1. The van der Waals surface area contributed by atoms with Crippen LogP contribution in [0.15, 0.2) is 16.7 Å². The summed E-state index contributed by atoms with van der Waals surface area (Å²) in [6.45, 7) is 2.90. The second kappa shape index (κ2) is 5.16. The van der Waals surface area contributed by atoms with Gasteiger partial charge in [0.15, 0.2) is 0 Å². The molecule has 0 aromatic carbocycles. The highest BCUT2D eigenvalue weighted by Crippen LogP contribution is 2.15. The Morgan fingerprint density at radius 1 is 1.56 bits per heavy atom. The van der Waals surface area contributed by atoms with Crippen LogP contribution in [-0.2, 0) is 9.47 Å². The van der Waals surface area contributed by atoms with Crippen molar-refractivity contribution in [1.82, 2.24) is 0 Å². The van der Waals surface area contributed by atoms with Crippen LogP contribution >= 0.6 is 0 Å². The van der Waals surface area contributed by atoms with E-state index in [0.717, 1.165) is 31.4 Å². The zero-order chi connectivity index (χ0) is 11.4. The summed E-state index contributed by atoms with van der Waals surface area (Å²) in [4.78, 5) is 11.6. The van der Waals surface area contributed by atoms with Gasteiger partial charge in [-0.1, -0.05) is 0 Å². The minimum absolute atomic E-state index is 0.0490. The Bertz CT molecular complexity index is 350. The van der Waals surface area contributed by atoms with E-state index < -0.39 is 5.97 Å². The molecule has 0 spiro atoms. The maximum atomic E-state index is 11.6. The highest BCUT2D eigenvalue weighted by atomic mass is 16.6. The average molecular weight is 224 g/mol. The van der Waals surface area contributed by atoms with Gasteiger partial charge in [0.25, 0.3) is 0 Å². The first kappa shape index (κ1) is 11.2. The summed E-state index contributed by atoms with van der Waals surface area (Å²) in [6.07, 6.45) is 4.74. The molecule has 4 heteroatoms. The zero-order valence-corrected chi connectivity index (χ0v) is 9.40. The van der Waals surface area contributed by atoms with Crippen LogP contribution in [0.5, 0.6) is 0 Å². The van der Waals surface area contributed by atoms with E-state index >= 15 is 0 Å². The summed E-state index contributed by atoms with van der Waals surface area (Å²) in [7, 11) is 0. The Balaban J connectivity index is 1.81. The fraction of sp³-hybridized carbons (Fsp3) is 0.583. The quantitative estimate of drug-likeness (QED) is 0.739. The predicted molar refractivity (Wildman–Crippen MR) is 57.3 cm³/mol. The molecule has 1 atom stereocenters. The minimum Gasteiger partial charge on any atom is -0.457 e. The van der Waals surface area contributed by atoms with Crippen LogP contribution in [0.1, 0.15) is 35.4 Å². The molecule has 4 nitrogen and oxygen atoms in total. The van der Waals surface area contributed by atoms with Gasteiger partial charge < -0.3 is 13.9 Å². The molecule has 0 bridgehead atoms. The monoisotopic (exact) mass is 224 g/mol. The molecule has 0 aliphatic carbocycles. The normalized spacial score (nSPS) is 20.7. The lowest BCUT2D eigenvalue weighted by atomic mass is 10.1. The highest BCUT2D eigenvalue weighted by molar-refractivity contribution is 5.87. The molecular formula is C12H16O4. The topological polar surface area (TPSA) is 48.7 Å². The van der Waals surface area contributed by atoms with Crippen LogP contribution in [0.25, 0.3) is 0 Å². The second-order valence-electron chi connectivity index (χ2n) is 4.02. The van der Waals surface area contributed by atoms with Crippen molar-refractivity contribution in [3.8, 4) is 0 Å². The largest absolute Gasteiger partial charge is 0.457 e. The number of carbonyl (C=O) groups is 1. The second-order valence-corrected chi connectivity index (χ2v) is 4.02. The van der Waals surface area contributed by atoms with Crippen LogP contribution in [0.4, 0.5) is 0 Å². The van der Waals surface area contributed by atoms with E-state index in [9.17, 15) is 4.79 Å². The lowest BCUT2D eigenvalue weighted by molar-refractivity contribution is -0.0311. The van der Waals surface area contributed by atoms with E-state index in [4.69, 9.17) is 13.9 Å². The fourth-order valence-electron chi connectivity index (χ4n) is 1.75. The molecule has 2 rings (SSSR count). The van der Waals surface area contributed by atoms with Crippen molar-refractivity contribution in [2.45, 2.75) is 32.3 Å². The summed E-state index contributed by atoms with van der Waals surface area (Å²) >= 11 is 0. The molecule has 0 N–H and O–H groups in total. The molecule has 1 unspecified atom stereocenters. The number of carbonyl (C=O) groups excluding carboxylic acids is 1. The first-order valence-electron chi connectivity index (χ1n) is 5.60. The molecule has 1 aliphatic heterocycles. The number of furan rings is 1. The van der Waals surface area contributed by atoms with E-state index in [1.165, 1.54) is 6.26 Å². The lowest BCUT2D eigenvalue weighted by Gasteiger charge is -2.21. The Labute approximate surface area is 94.5 Å². The number of esters is 1. The van der Waals surface area contributed by atoms with Gasteiger partial charge in [-0.2, -0.15) is 0 Å². The van der Waals surface area contributed by atoms with Crippen LogP contribution in [0.2, 0.25) is 0 Å². The Hall–Kier alpha value is -1.29. The molecule has 1 aromatic heterocycles. The smallest absolute Gasteiger partial charge is 0.374 e. The van der Waals surface area contributed by atoms with Crippen LogP contribution < -0.4 is 0 Å². The molecule has 1 aliphatic rings. The molecule has 0 radical (unpaired) electrons. The number of aryl methyl sites for hydroxylation is 1. The van der Waals surface area contributed by atoms with Gasteiger partial charge in [-0.15, -0.1) is 0 Å². The van der Waals surface area contributed by atoms with Crippen molar-refractivity contribution in [2.24, 2.45) is 0 Å². The Morgan fingerprint density at radius 3 is 3.06 bits per heavy atom. The summed E-state index contributed by atoms with van der Waals surface area (Å²) < 4.78 is 15.7. The molecule has 0 amide bonds. The first-order chi connectivity index (χ1) is 7.77. The summed E-state index contributed by atoms with van der Waals surface area (Å²) in [6, 6.07) is 1.74. The van der Waals surface area contributed by atoms with Gasteiger partial charge in [0.1, 0.15) is 6.61 Å². The van der Waals surface area contributed by atoms with E-state index in [0.29, 0.717) is 6.61 Å². The highest BCUT2D eigenvalue weighted by Gasteiger charge is 2.19. The molecule has 1 fully saturated rings. The number of hydrogen-bond donors (Lipinski definition) is 0. The van der Waals surface area contributed by atoms with Gasteiger partial charge in [0.2, 0.25) is 5.76 Å². The standard InChI is InChI=1S/C12H16O4/c1-9-5-7-15-11(9)12(13)16-8-10-4-2-3-6-14-10/h5,7,10H,2-4,6,8H2,1H3. The zero-order valence-electron chi connectivity index (χ0n) is 9.40. The van der Waals surface area contributed by atoms with E-state index in [2.05, 4.69) is 0 Å². The van der Waals surface area contributed by atoms with Crippen molar-refractivity contribution in [3.63, 3.8) is 0 Å². The molecule has 1 saturated heterocycles. The van der Waals surface area contributed by atoms with Gasteiger partial charge in [-0.3, -0.25) is 0 Å². The Morgan fingerprint density at radius 2 is 2.44 bits per heavy atom. The molecule has 88 valence electrons. The Kier molecular flexibility index (Phi) is 3.62. The van der Waals surface area contributed by atoms with Gasteiger partial charge >= 0.3 is 5.97 Å². The lowest BCUT2D eigenvalue weighted by Crippen LogP contribution is -2.26. The third-order valence-corrected chi connectivity index (χ3v) is 2.72. The van der Waals surface area contributed by atoms with Crippen LogP contribution in [-0.4, -0.2) is 25.3 Å². The van der Waals surface area contributed by atoms with Gasteiger partial charge in [-0.25, -0.2) is 4.79 Å². The van der Waals surface area contributed by atoms with Gasteiger partial charge in [0, 0.05) is 12.2 Å². The summed E-state index contributed by atoms with van der Waals surface area (Å²) in [5.41, 5.74) is 0.801. The summed E-state index contributed by atoms with van der Waals surface area (Å²) in [5, 5.41) is 0.